The van der Waals surface area contributed by atoms with Crippen molar-refractivity contribution in [3.63, 3.8) is 0 Å². The van der Waals surface area contributed by atoms with E-state index in [4.69, 9.17) is 0 Å². The van der Waals surface area contributed by atoms with Gasteiger partial charge in [-0.05, 0) is 88.7 Å². The lowest BCUT2D eigenvalue weighted by molar-refractivity contribution is -0.117. The van der Waals surface area contributed by atoms with Crippen molar-refractivity contribution in [2.75, 3.05) is 45.8 Å². The number of hydrogen-bond donors (Lipinski definition) is 1. The fraction of sp³-hybridized carbons (Fsp3) is 0.759. The van der Waals surface area contributed by atoms with Crippen LogP contribution in [-0.4, -0.2) is 84.7 Å². The molecule has 2 saturated carbocycles. The molecule has 0 aromatic carbocycles. The number of carbonyl (C=O) groups is 1. The van der Waals surface area contributed by atoms with E-state index < -0.39 is 6.17 Å². The Morgan fingerprint density at radius 1 is 0.943 bits per heavy atom. The van der Waals surface area contributed by atoms with Gasteiger partial charge in [0, 0.05) is 69.2 Å². The van der Waals surface area contributed by atoms with E-state index in [0.29, 0.717) is 12.0 Å². The van der Waals surface area contributed by atoms with Crippen LogP contribution in [0.15, 0.2) is 35.1 Å². The molecule has 1 N–H and O–H groups in total. The SMILES string of the molecule is CC1=C(N2CCCN(C3CCN(C4CCCC4F)CC3)CC2)C=CC=C(C(=O)NCC2CC2)CC1. The smallest absolute Gasteiger partial charge is 0.247 e. The Kier molecular flexibility index (Phi) is 8.29. The van der Waals surface area contributed by atoms with Crippen LogP contribution in [0.1, 0.15) is 71.1 Å². The van der Waals surface area contributed by atoms with Gasteiger partial charge in [-0.1, -0.05) is 12.2 Å². The van der Waals surface area contributed by atoms with E-state index >= 15 is 0 Å². The number of halogens is 1. The van der Waals surface area contributed by atoms with Crippen LogP contribution in [-0.2, 0) is 4.79 Å². The van der Waals surface area contributed by atoms with Gasteiger partial charge >= 0.3 is 0 Å². The third kappa shape index (κ3) is 6.37. The predicted molar refractivity (Wildman–Crippen MR) is 140 cm³/mol. The highest BCUT2D eigenvalue weighted by Gasteiger charge is 2.35. The van der Waals surface area contributed by atoms with Crippen LogP contribution < -0.4 is 5.32 Å². The van der Waals surface area contributed by atoms with Crippen LogP contribution in [0.5, 0.6) is 0 Å². The first kappa shape index (κ1) is 25.0. The summed E-state index contributed by atoms with van der Waals surface area (Å²) in [6, 6.07) is 0.837. The molecule has 4 fully saturated rings. The summed E-state index contributed by atoms with van der Waals surface area (Å²) >= 11 is 0. The molecule has 5 rings (SSSR count). The normalized spacial score (nSPS) is 30.1. The van der Waals surface area contributed by atoms with Crippen molar-refractivity contribution in [3.05, 3.63) is 35.1 Å². The minimum Gasteiger partial charge on any atom is -0.370 e. The standard InChI is InChI=1S/C29H45FN4O/c1-22-9-12-24(29(35)31-21-23-10-11-23)5-2-7-27(22)33-16-4-15-32(19-20-33)25-13-17-34(18-14-25)28-8-3-6-26(28)30/h2,5,7,23,25-26,28H,3-4,6,8-21H2,1H3,(H,31,35). The van der Waals surface area contributed by atoms with E-state index in [9.17, 15) is 9.18 Å². The Bertz CT molecular complexity index is 840. The zero-order valence-electron chi connectivity index (χ0n) is 21.7. The largest absolute Gasteiger partial charge is 0.370 e. The van der Waals surface area contributed by atoms with Gasteiger partial charge in [-0.15, -0.1) is 0 Å². The highest BCUT2D eigenvalue weighted by molar-refractivity contribution is 5.93. The van der Waals surface area contributed by atoms with E-state index in [1.54, 1.807) is 0 Å². The minimum absolute atomic E-state index is 0.115. The zero-order chi connectivity index (χ0) is 24.2. The number of hydrogen-bond acceptors (Lipinski definition) is 4. The Hall–Kier alpha value is -1.66. The van der Waals surface area contributed by atoms with Gasteiger partial charge in [0.2, 0.25) is 5.91 Å². The lowest BCUT2D eigenvalue weighted by atomic mass is 9.99. The third-order valence-corrected chi connectivity index (χ3v) is 9.05. The fourth-order valence-corrected chi connectivity index (χ4v) is 6.60. The molecule has 2 atom stereocenters. The van der Waals surface area contributed by atoms with Gasteiger partial charge in [-0.25, -0.2) is 4.39 Å². The number of alkyl halides is 1. The second kappa shape index (κ2) is 11.6. The van der Waals surface area contributed by atoms with Gasteiger partial charge in [-0.2, -0.15) is 0 Å². The summed E-state index contributed by atoms with van der Waals surface area (Å²) in [7, 11) is 0. The predicted octanol–water partition coefficient (Wildman–Crippen LogP) is 4.43. The molecule has 5 nitrogen and oxygen atoms in total. The molecule has 6 heteroatoms. The fourth-order valence-electron chi connectivity index (χ4n) is 6.60. The molecule has 0 spiro atoms. The summed E-state index contributed by atoms with van der Waals surface area (Å²) in [5, 5.41) is 3.12. The number of nitrogens with zero attached hydrogens (tertiary/aromatic N) is 3. The molecule has 194 valence electrons. The molecule has 2 heterocycles. The van der Waals surface area contributed by atoms with Crippen LogP contribution in [0, 0.1) is 5.92 Å². The average Bonchev–Trinajstić information content (AvgIpc) is 3.64. The zero-order valence-corrected chi connectivity index (χ0v) is 21.7. The minimum atomic E-state index is -0.602. The van der Waals surface area contributed by atoms with Crippen molar-refractivity contribution >= 4 is 5.91 Å². The maximum Gasteiger partial charge on any atom is 0.247 e. The van der Waals surface area contributed by atoms with Gasteiger partial charge in [0.25, 0.3) is 0 Å². The topological polar surface area (TPSA) is 38.8 Å². The van der Waals surface area contributed by atoms with E-state index in [-0.39, 0.29) is 11.9 Å². The van der Waals surface area contributed by atoms with Crippen LogP contribution in [0.4, 0.5) is 4.39 Å². The van der Waals surface area contributed by atoms with Crippen molar-refractivity contribution in [2.24, 2.45) is 5.92 Å². The molecule has 0 aromatic rings. The number of amides is 1. The van der Waals surface area contributed by atoms with E-state index in [0.717, 1.165) is 83.5 Å². The third-order valence-electron chi connectivity index (χ3n) is 9.05. The molecule has 0 bridgehead atoms. The molecule has 5 aliphatic rings. The molecule has 2 unspecified atom stereocenters. The second-order valence-corrected chi connectivity index (χ2v) is 11.5. The van der Waals surface area contributed by atoms with Crippen molar-refractivity contribution in [2.45, 2.75) is 89.4 Å². The summed E-state index contributed by atoms with van der Waals surface area (Å²) in [5.74, 6) is 0.825. The van der Waals surface area contributed by atoms with Gasteiger partial charge < -0.3 is 10.2 Å². The first-order chi connectivity index (χ1) is 17.1. The second-order valence-electron chi connectivity index (χ2n) is 11.5. The Balaban J connectivity index is 1.13. The molecule has 3 aliphatic carbocycles. The number of carbonyl (C=O) groups excluding carboxylic acids is 1. The van der Waals surface area contributed by atoms with Crippen molar-refractivity contribution in [1.29, 1.82) is 0 Å². The molecular formula is C29H45FN4O. The molecule has 1 amide bonds. The Morgan fingerprint density at radius 3 is 2.51 bits per heavy atom. The molecule has 0 radical (unpaired) electrons. The maximum atomic E-state index is 14.2. The monoisotopic (exact) mass is 484 g/mol. The van der Waals surface area contributed by atoms with E-state index in [1.165, 1.54) is 43.4 Å². The highest BCUT2D eigenvalue weighted by Crippen LogP contribution is 2.31. The Morgan fingerprint density at radius 2 is 1.77 bits per heavy atom. The molecule has 0 aromatic heterocycles. The first-order valence-corrected chi connectivity index (χ1v) is 14.3. The van der Waals surface area contributed by atoms with Gasteiger partial charge in [0.05, 0.1) is 0 Å². The summed E-state index contributed by atoms with van der Waals surface area (Å²) in [6.07, 6.45) is 16.4. The number of likely N-dealkylation sites (tertiary alicyclic amines) is 1. The number of rotatable bonds is 6. The maximum absolute atomic E-state index is 14.2. The first-order valence-electron chi connectivity index (χ1n) is 14.3. The van der Waals surface area contributed by atoms with Gasteiger partial charge in [0.15, 0.2) is 0 Å². The van der Waals surface area contributed by atoms with Crippen molar-refractivity contribution in [1.82, 2.24) is 20.0 Å². The summed E-state index contributed by atoms with van der Waals surface area (Å²) < 4.78 is 14.2. The van der Waals surface area contributed by atoms with Crippen LogP contribution in [0.25, 0.3) is 0 Å². The summed E-state index contributed by atoms with van der Waals surface area (Å²) in [5.41, 5.74) is 3.65. The van der Waals surface area contributed by atoms with Crippen LogP contribution in [0.2, 0.25) is 0 Å². The van der Waals surface area contributed by atoms with Crippen LogP contribution >= 0.6 is 0 Å². The molecule has 2 aliphatic heterocycles. The average molecular weight is 485 g/mol. The number of allylic oxidation sites excluding steroid dienone is 4. The Labute approximate surface area is 211 Å². The summed E-state index contributed by atoms with van der Waals surface area (Å²) in [6.45, 7) is 9.62. The van der Waals surface area contributed by atoms with Gasteiger partial charge in [-0.3, -0.25) is 14.6 Å². The summed E-state index contributed by atoms with van der Waals surface area (Å²) in [4.78, 5) is 20.3. The van der Waals surface area contributed by atoms with Crippen LogP contribution in [0.3, 0.4) is 0 Å². The number of nitrogens with one attached hydrogen (secondary N) is 1. The van der Waals surface area contributed by atoms with E-state index in [2.05, 4.69) is 39.1 Å². The quantitative estimate of drug-likeness (QED) is 0.606. The lowest BCUT2D eigenvalue weighted by Gasteiger charge is -2.41. The molecule has 2 saturated heterocycles. The number of piperidine rings is 1. The van der Waals surface area contributed by atoms with Crippen molar-refractivity contribution in [3.8, 4) is 0 Å². The van der Waals surface area contributed by atoms with Crippen molar-refractivity contribution < 1.29 is 9.18 Å². The lowest BCUT2D eigenvalue weighted by Crippen LogP contribution is -2.50. The van der Waals surface area contributed by atoms with Gasteiger partial charge in [0.1, 0.15) is 6.17 Å². The molecular weight excluding hydrogens is 439 g/mol. The molecule has 35 heavy (non-hydrogen) atoms. The highest BCUT2D eigenvalue weighted by atomic mass is 19.1. The van der Waals surface area contributed by atoms with E-state index in [1.807, 2.05) is 6.08 Å².